The largest absolute Gasteiger partial charge is 0.454 e. The van der Waals surface area contributed by atoms with E-state index < -0.39 is 39.7 Å². The molecule has 12 aliphatic rings. The summed E-state index contributed by atoms with van der Waals surface area (Å²) >= 11 is 0. The molecule has 13 rings (SSSR count). The second-order valence-electron chi connectivity index (χ2n) is 23.9. The number of aliphatic hydroxyl groups is 4. The first-order chi connectivity index (χ1) is 30.9. The lowest BCUT2D eigenvalue weighted by atomic mass is 9.33. The number of aldehydes is 1. The van der Waals surface area contributed by atoms with Crippen LogP contribution in [0.15, 0.2) is 29.8 Å². The fraction of sp³-hybridized carbons (Fsp3) is 0.782. The number of carbonyl (C=O) groups excluding carboxylic acids is 2. The van der Waals surface area contributed by atoms with Gasteiger partial charge in [-0.15, -0.1) is 0 Å². The SMILES string of the molecule is CN[C@@H]1Cc2c(cccc2CO)C#CCC[C@]23CC[C@H]4[C@@](O)(C[C@@H]5C[C@@H]([C@@H](C)C6CCCC6)CC[C@@H]6[C@H]7OCC[C@H]8CCC[C@]87C[C@@]4(C=O)[C@]56O)[C@@]2(O)C[C@@H]2C[C@H]1[C@H]1OC(=O)C=C1[C@@H]23. The molecule has 10 aliphatic carbocycles. The quantitative estimate of drug-likeness (QED) is 0.120. The Bertz CT molecular complexity index is 2170. The van der Waals surface area contributed by atoms with E-state index in [9.17, 15) is 30.0 Å². The third-order valence-corrected chi connectivity index (χ3v) is 22.4. The molecule has 9 fully saturated rings. The Morgan fingerprint density at radius 3 is 2.59 bits per heavy atom. The normalized spacial score (nSPS) is 50.4. The minimum absolute atomic E-state index is 0.0443. The molecule has 1 aromatic rings. The first-order valence-electron chi connectivity index (χ1n) is 26.0. The molecule has 2 aliphatic heterocycles. The van der Waals surface area contributed by atoms with Gasteiger partial charge in [-0.3, -0.25) is 0 Å². The molecule has 2 spiro atoms. The first kappa shape index (κ1) is 42.8. The lowest BCUT2D eigenvalue weighted by Crippen LogP contribution is -2.82. The number of hydrogen-bond donors (Lipinski definition) is 5. The molecule has 4 bridgehead atoms. The summed E-state index contributed by atoms with van der Waals surface area (Å²) in [5.74, 6) is 7.07. The van der Waals surface area contributed by atoms with Gasteiger partial charge in [0.15, 0.2) is 0 Å². The zero-order valence-electron chi connectivity index (χ0n) is 38.4. The molecule has 18 atom stereocenters. The van der Waals surface area contributed by atoms with Gasteiger partial charge in [0.2, 0.25) is 0 Å². The number of aliphatic hydroxyl groups excluding tert-OH is 1. The molecule has 1 aromatic carbocycles. The Morgan fingerprint density at radius 2 is 1.80 bits per heavy atom. The van der Waals surface area contributed by atoms with Crippen LogP contribution in [-0.4, -0.2) is 81.4 Å². The van der Waals surface area contributed by atoms with Gasteiger partial charge in [0.05, 0.1) is 29.3 Å². The van der Waals surface area contributed by atoms with Crippen LogP contribution < -0.4 is 5.32 Å². The Hall–Kier alpha value is -2.58. The molecule has 346 valence electrons. The molecule has 64 heavy (non-hydrogen) atoms. The van der Waals surface area contributed by atoms with Gasteiger partial charge in [0.1, 0.15) is 18.0 Å². The summed E-state index contributed by atoms with van der Waals surface area (Å²) in [7, 11) is 1.96. The molecular formula is C55H73NO8. The van der Waals surface area contributed by atoms with Crippen LogP contribution in [0.1, 0.15) is 146 Å². The fourth-order valence-electron chi connectivity index (χ4n) is 20.1. The number of likely N-dealkylation sites (N-methyl/N-ethyl adjacent to an activating group) is 1. The average Bonchev–Trinajstić information content (AvgIpc) is 4.09. The summed E-state index contributed by atoms with van der Waals surface area (Å²) in [6, 6.07) is 5.84. The highest BCUT2D eigenvalue weighted by atomic mass is 16.5. The second kappa shape index (κ2) is 15.0. The zero-order valence-corrected chi connectivity index (χ0v) is 38.4. The molecule has 0 amide bonds. The van der Waals surface area contributed by atoms with Crippen molar-refractivity contribution < 1.29 is 39.5 Å². The molecule has 9 nitrogen and oxygen atoms in total. The maximum Gasteiger partial charge on any atom is 0.331 e. The average molecular weight is 876 g/mol. The molecule has 5 N–H and O–H groups in total. The van der Waals surface area contributed by atoms with E-state index in [-0.39, 0.29) is 66.1 Å². The lowest BCUT2D eigenvalue weighted by Gasteiger charge is -2.74. The smallest absolute Gasteiger partial charge is 0.331 e. The standard InChI is InChI=1S/C55H73NO8/c1-32(33-9-3-4-10-33)35-15-16-43-49-50(19-8-14-38(50)18-22-63-49)30-52(31-58)45-17-21-51-20-6-5-11-34-12-7-13-36(29-57)40(34)25-44(56-2)41-24-37(47(51)42-26-46(59)64-48(41)42)27-54(51,61)53(45,60)28-39(23-35)55(43,52)62/h7,12-13,26,31-33,35,37-39,41,43-45,47-49,56-57,60-62H,3-4,6,8-10,14-25,27-30H2,1-2H3/t32-,35-,37-,38+,39-,41+,43+,44+,45+,47+,48+,49+,50-,51+,52-,53-,54+,55-/m0/s1. The Kier molecular flexibility index (Phi) is 9.99. The van der Waals surface area contributed by atoms with Crippen LogP contribution in [0.2, 0.25) is 0 Å². The number of benzene rings is 1. The van der Waals surface area contributed by atoms with Crippen LogP contribution in [0, 0.1) is 87.3 Å². The molecule has 8 saturated carbocycles. The van der Waals surface area contributed by atoms with Gasteiger partial charge in [0.25, 0.3) is 0 Å². The van der Waals surface area contributed by atoms with E-state index in [4.69, 9.17) is 9.47 Å². The van der Waals surface area contributed by atoms with E-state index >= 15 is 0 Å². The van der Waals surface area contributed by atoms with Gasteiger partial charge < -0.3 is 40.0 Å². The van der Waals surface area contributed by atoms with Crippen LogP contribution in [-0.2, 0) is 32.1 Å². The monoisotopic (exact) mass is 876 g/mol. The van der Waals surface area contributed by atoms with E-state index in [1.807, 2.05) is 25.2 Å². The van der Waals surface area contributed by atoms with Crippen LogP contribution in [0.25, 0.3) is 0 Å². The van der Waals surface area contributed by atoms with Crippen LogP contribution in [0.4, 0.5) is 0 Å². The van der Waals surface area contributed by atoms with Crippen molar-refractivity contribution in [3.8, 4) is 11.8 Å². The molecule has 2 heterocycles. The number of esters is 1. The van der Waals surface area contributed by atoms with Crippen LogP contribution >= 0.6 is 0 Å². The van der Waals surface area contributed by atoms with Gasteiger partial charge in [0, 0.05) is 59.3 Å². The highest BCUT2D eigenvalue weighted by molar-refractivity contribution is 5.86. The van der Waals surface area contributed by atoms with Crippen molar-refractivity contribution in [2.24, 2.45) is 75.4 Å². The van der Waals surface area contributed by atoms with Crippen LogP contribution in [0.5, 0.6) is 0 Å². The van der Waals surface area contributed by atoms with Gasteiger partial charge >= 0.3 is 5.97 Å². The second-order valence-corrected chi connectivity index (χ2v) is 23.9. The topological polar surface area (TPSA) is 146 Å². The van der Waals surface area contributed by atoms with Crippen molar-refractivity contribution >= 4 is 12.3 Å². The maximum atomic E-state index is 14.9. The van der Waals surface area contributed by atoms with Crippen molar-refractivity contribution in [3.63, 3.8) is 0 Å². The number of rotatable bonds is 5. The summed E-state index contributed by atoms with van der Waals surface area (Å²) in [6.07, 6.45) is 18.7. The lowest BCUT2D eigenvalue weighted by molar-refractivity contribution is -0.363. The number of ether oxygens (including phenoxy) is 2. The summed E-state index contributed by atoms with van der Waals surface area (Å²) in [6.45, 7) is 3.06. The highest BCUT2D eigenvalue weighted by Crippen LogP contribution is 2.80. The third-order valence-electron chi connectivity index (χ3n) is 22.4. The number of hydrogen-bond acceptors (Lipinski definition) is 9. The van der Waals surface area contributed by atoms with Gasteiger partial charge in [-0.1, -0.05) is 63.0 Å². The van der Waals surface area contributed by atoms with Gasteiger partial charge in [-0.2, -0.15) is 0 Å². The van der Waals surface area contributed by atoms with Gasteiger partial charge in [-0.05, 0) is 161 Å². The third kappa shape index (κ3) is 5.37. The maximum absolute atomic E-state index is 14.9. The summed E-state index contributed by atoms with van der Waals surface area (Å²) < 4.78 is 13.3. The van der Waals surface area contributed by atoms with Crippen molar-refractivity contribution in [2.75, 3.05) is 13.7 Å². The molecule has 0 unspecified atom stereocenters. The molecule has 0 radical (unpaired) electrons. The minimum atomic E-state index is -1.66. The predicted octanol–water partition coefficient (Wildman–Crippen LogP) is 6.98. The van der Waals surface area contributed by atoms with E-state index in [0.717, 1.165) is 73.5 Å². The van der Waals surface area contributed by atoms with Crippen LogP contribution in [0.3, 0.4) is 0 Å². The highest BCUT2D eigenvalue weighted by Gasteiger charge is 2.85. The van der Waals surface area contributed by atoms with E-state index in [1.54, 1.807) is 6.08 Å². The van der Waals surface area contributed by atoms with Crippen molar-refractivity contribution in [3.05, 3.63) is 46.5 Å². The summed E-state index contributed by atoms with van der Waals surface area (Å²) in [5.41, 5.74) is -3.22. The predicted molar refractivity (Wildman–Crippen MR) is 240 cm³/mol. The Labute approximate surface area is 380 Å². The Balaban J connectivity index is 1.03. The van der Waals surface area contributed by atoms with Crippen molar-refractivity contribution in [1.82, 2.24) is 5.32 Å². The molecular weight excluding hydrogens is 803 g/mol. The van der Waals surface area contributed by atoms with E-state index in [0.29, 0.717) is 81.6 Å². The van der Waals surface area contributed by atoms with E-state index in [2.05, 4.69) is 24.1 Å². The molecule has 0 aromatic heterocycles. The molecule has 9 heteroatoms. The number of fused-ring (bicyclic) bond motifs is 7. The zero-order chi connectivity index (χ0) is 44.0. The van der Waals surface area contributed by atoms with Gasteiger partial charge in [-0.25, -0.2) is 4.79 Å². The Morgan fingerprint density at radius 1 is 0.953 bits per heavy atom. The van der Waals surface area contributed by atoms with E-state index in [1.165, 1.54) is 25.7 Å². The fourth-order valence-corrected chi connectivity index (χ4v) is 20.1. The van der Waals surface area contributed by atoms with Crippen molar-refractivity contribution in [1.29, 1.82) is 0 Å². The summed E-state index contributed by atoms with van der Waals surface area (Å²) in [5, 5.41) is 57.4. The minimum Gasteiger partial charge on any atom is -0.454 e. The first-order valence-corrected chi connectivity index (χ1v) is 26.0. The summed E-state index contributed by atoms with van der Waals surface area (Å²) in [4.78, 5) is 28.5. The molecule has 1 saturated heterocycles. The number of carbonyl (C=O) groups is 2. The van der Waals surface area contributed by atoms with Crippen molar-refractivity contribution in [2.45, 2.75) is 177 Å². The number of nitrogens with one attached hydrogen (secondary N) is 1.